The Balaban J connectivity index is 1.68. The lowest BCUT2D eigenvalue weighted by atomic mass is 10.2. The van der Waals surface area contributed by atoms with Gasteiger partial charge in [-0.15, -0.1) is 16.8 Å². The predicted molar refractivity (Wildman–Crippen MR) is 116 cm³/mol. The van der Waals surface area contributed by atoms with E-state index in [-0.39, 0.29) is 17.5 Å². The number of halogens is 2. The number of rotatable bonds is 9. The Morgan fingerprint density at radius 1 is 1.29 bits per heavy atom. The van der Waals surface area contributed by atoms with Crippen molar-refractivity contribution in [1.82, 2.24) is 14.8 Å². The van der Waals surface area contributed by atoms with Gasteiger partial charge in [-0.25, -0.2) is 8.78 Å². The minimum Gasteiger partial charge on any atom is -0.483 e. The molecule has 0 fully saturated rings. The highest BCUT2D eigenvalue weighted by atomic mass is 32.2. The summed E-state index contributed by atoms with van der Waals surface area (Å²) in [6.45, 7) is 8.04. The molecule has 1 unspecified atom stereocenters. The van der Waals surface area contributed by atoms with Crippen LogP contribution in [0, 0.1) is 18.6 Å². The molecular weight excluding hydrogens is 422 g/mol. The highest BCUT2D eigenvalue weighted by Gasteiger charge is 2.20. The molecule has 0 aliphatic heterocycles. The van der Waals surface area contributed by atoms with Crippen LogP contribution in [0.4, 0.5) is 14.5 Å². The lowest BCUT2D eigenvalue weighted by Crippen LogP contribution is -2.16. The number of benzene rings is 2. The summed E-state index contributed by atoms with van der Waals surface area (Å²) in [4.78, 5) is 12.2. The second-order valence-electron chi connectivity index (χ2n) is 6.78. The largest absolute Gasteiger partial charge is 0.483 e. The number of carbonyl (C=O) groups excluding carboxylic acids is 1. The summed E-state index contributed by atoms with van der Waals surface area (Å²) in [5.74, 6) is -0.715. The summed E-state index contributed by atoms with van der Waals surface area (Å²) in [6, 6.07) is 10.7. The molecule has 0 saturated heterocycles. The minimum atomic E-state index is -0.836. The molecule has 0 aliphatic carbocycles. The fourth-order valence-corrected chi connectivity index (χ4v) is 3.62. The Kier molecular flexibility index (Phi) is 7.41. The summed E-state index contributed by atoms with van der Waals surface area (Å²) in [5, 5.41) is 11.3. The molecule has 0 radical (unpaired) electrons. The average molecular weight is 445 g/mol. The van der Waals surface area contributed by atoms with Gasteiger partial charge in [-0.05, 0) is 43.7 Å². The number of hydrogen-bond donors (Lipinski definition) is 1. The van der Waals surface area contributed by atoms with E-state index >= 15 is 0 Å². The number of allylic oxidation sites excluding steroid dienone is 1. The first-order chi connectivity index (χ1) is 14.9. The molecule has 6 nitrogen and oxygen atoms in total. The van der Waals surface area contributed by atoms with E-state index in [0.717, 1.165) is 29.1 Å². The molecular formula is C22H22F2N4O2S. The van der Waals surface area contributed by atoms with Crippen LogP contribution in [0.1, 0.15) is 24.4 Å². The van der Waals surface area contributed by atoms with Gasteiger partial charge in [0.2, 0.25) is 5.91 Å². The number of amides is 1. The number of nitrogens with zero attached hydrogens (tertiary/aromatic N) is 3. The van der Waals surface area contributed by atoms with Gasteiger partial charge >= 0.3 is 0 Å². The van der Waals surface area contributed by atoms with Crippen LogP contribution in [-0.2, 0) is 11.3 Å². The topological polar surface area (TPSA) is 69.0 Å². The number of hydrogen-bond acceptors (Lipinski definition) is 5. The van der Waals surface area contributed by atoms with E-state index in [1.165, 1.54) is 6.07 Å². The second-order valence-corrected chi connectivity index (χ2v) is 7.72. The highest BCUT2D eigenvalue weighted by molar-refractivity contribution is 7.99. The van der Waals surface area contributed by atoms with Crippen LogP contribution in [-0.4, -0.2) is 26.4 Å². The SMILES string of the molecule is C=CCn1c(SCC(=O)Nc2ccc(F)cc2F)nnc1C(C)Oc1cccc(C)c1. The first kappa shape index (κ1) is 22.5. The molecule has 2 aromatic carbocycles. The molecule has 3 rings (SSSR count). The Morgan fingerprint density at radius 2 is 2.10 bits per heavy atom. The third kappa shape index (κ3) is 5.91. The van der Waals surface area contributed by atoms with Crippen molar-refractivity contribution in [2.75, 3.05) is 11.1 Å². The minimum absolute atomic E-state index is 0.0286. The third-order valence-electron chi connectivity index (χ3n) is 4.26. The van der Waals surface area contributed by atoms with Gasteiger partial charge in [0.25, 0.3) is 0 Å². The fourth-order valence-electron chi connectivity index (χ4n) is 2.86. The van der Waals surface area contributed by atoms with Crippen molar-refractivity contribution >= 4 is 23.4 Å². The lowest BCUT2D eigenvalue weighted by Gasteiger charge is -2.16. The Morgan fingerprint density at radius 3 is 2.81 bits per heavy atom. The van der Waals surface area contributed by atoms with Gasteiger partial charge in [0.1, 0.15) is 17.4 Å². The van der Waals surface area contributed by atoms with Gasteiger partial charge in [0.05, 0.1) is 11.4 Å². The highest BCUT2D eigenvalue weighted by Crippen LogP contribution is 2.25. The summed E-state index contributed by atoms with van der Waals surface area (Å²) in [6.07, 6.45) is 1.32. The van der Waals surface area contributed by atoms with Crippen molar-refractivity contribution in [1.29, 1.82) is 0 Å². The smallest absolute Gasteiger partial charge is 0.234 e. The maximum atomic E-state index is 13.7. The zero-order valence-electron chi connectivity index (χ0n) is 17.1. The number of anilines is 1. The predicted octanol–water partition coefficient (Wildman–Crippen LogP) is 4.92. The summed E-state index contributed by atoms with van der Waals surface area (Å²) >= 11 is 1.15. The maximum absolute atomic E-state index is 13.7. The van der Waals surface area contributed by atoms with Gasteiger partial charge in [-0.1, -0.05) is 30.0 Å². The normalized spacial score (nSPS) is 11.7. The molecule has 0 aliphatic rings. The van der Waals surface area contributed by atoms with Crippen molar-refractivity contribution in [3.05, 3.63) is 78.1 Å². The monoisotopic (exact) mass is 444 g/mol. The summed E-state index contributed by atoms with van der Waals surface area (Å²) in [5.41, 5.74) is 0.998. The first-order valence-electron chi connectivity index (χ1n) is 9.52. The van der Waals surface area contributed by atoms with Gasteiger partial charge in [0.15, 0.2) is 17.1 Å². The Hall–Kier alpha value is -3.20. The van der Waals surface area contributed by atoms with E-state index < -0.39 is 17.5 Å². The van der Waals surface area contributed by atoms with Gasteiger partial charge in [-0.2, -0.15) is 0 Å². The van der Waals surface area contributed by atoms with Crippen LogP contribution in [0.25, 0.3) is 0 Å². The lowest BCUT2D eigenvalue weighted by molar-refractivity contribution is -0.113. The number of ether oxygens (including phenoxy) is 1. The van der Waals surface area contributed by atoms with Gasteiger partial charge < -0.3 is 10.1 Å². The van der Waals surface area contributed by atoms with E-state index in [1.54, 1.807) is 6.08 Å². The number of thioether (sulfide) groups is 1. The van der Waals surface area contributed by atoms with Crippen LogP contribution in [0.15, 0.2) is 60.3 Å². The average Bonchev–Trinajstić information content (AvgIpc) is 3.12. The third-order valence-corrected chi connectivity index (χ3v) is 5.23. The van der Waals surface area contributed by atoms with Crippen molar-refractivity contribution in [2.45, 2.75) is 31.7 Å². The maximum Gasteiger partial charge on any atom is 0.234 e. The van der Waals surface area contributed by atoms with E-state index in [1.807, 2.05) is 42.7 Å². The summed E-state index contributed by atoms with van der Waals surface area (Å²) in [7, 11) is 0. The van der Waals surface area contributed by atoms with Gasteiger partial charge in [-0.3, -0.25) is 9.36 Å². The Bertz CT molecular complexity index is 1090. The molecule has 1 atom stereocenters. The number of aryl methyl sites for hydroxylation is 1. The van der Waals surface area contributed by atoms with Crippen LogP contribution < -0.4 is 10.1 Å². The molecule has 1 amide bonds. The molecule has 0 bridgehead atoms. The van der Waals surface area contributed by atoms with E-state index in [2.05, 4.69) is 22.1 Å². The summed E-state index contributed by atoms with van der Waals surface area (Å²) < 4.78 is 34.5. The number of aromatic nitrogens is 3. The molecule has 0 spiro atoms. The second kappa shape index (κ2) is 10.2. The molecule has 1 heterocycles. The molecule has 3 aromatic rings. The van der Waals surface area contributed by atoms with Crippen molar-refractivity contribution in [2.24, 2.45) is 0 Å². The van der Waals surface area contributed by atoms with Crippen LogP contribution in [0.2, 0.25) is 0 Å². The van der Waals surface area contributed by atoms with E-state index in [0.29, 0.717) is 23.6 Å². The standard InChI is InChI=1S/C22H22F2N4O2S/c1-4-10-28-21(15(3)30-17-7-5-6-14(2)11-17)26-27-22(28)31-13-20(29)25-19-9-8-16(23)12-18(19)24/h4-9,11-12,15H,1,10,13H2,2-3H3,(H,25,29). The van der Waals surface area contributed by atoms with E-state index in [9.17, 15) is 13.6 Å². The molecule has 0 saturated carbocycles. The Labute approximate surface area is 183 Å². The zero-order valence-corrected chi connectivity index (χ0v) is 18.0. The number of carbonyl (C=O) groups is 1. The van der Waals surface area contributed by atoms with Crippen molar-refractivity contribution < 1.29 is 18.3 Å². The molecule has 1 aromatic heterocycles. The zero-order chi connectivity index (χ0) is 22.4. The van der Waals surface area contributed by atoms with Gasteiger partial charge in [0, 0.05) is 12.6 Å². The fraction of sp³-hybridized carbons (Fsp3) is 0.227. The van der Waals surface area contributed by atoms with Crippen LogP contribution >= 0.6 is 11.8 Å². The van der Waals surface area contributed by atoms with Crippen molar-refractivity contribution in [3.8, 4) is 5.75 Å². The quantitative estimate of drug-likeness (QED) is 0.375. The van der Waals surface area contributed by atoms with Crippen molar-refractivity contribution in [3.63, 3.8) is 0 Å². The van der Waals surface area contributed by atoms with Crippen LogP contribution in [0.3, 0.4) is 0 Å². The molecule has 9 heteroatoms. The first-order valence-corrected chi connectivity index (χ1v) is 10.5. The molecule has 31 heavy (non-hydrogen) atoms. The number of nitrogens with one attached hydrogen (secondary N) is 1. The molecule has 162 valence electrons. The van der Waals surface area contributed by atoms with Crippen LogP contribution in [0.5, 0.6) is 5.75 Å². The van der Waals surface area contributed by atoms with E-state index in [4.69, 9.17) is 4.74 Å². The molecule has 1 N–H and O–H groups in total.